The summed E-state index contributed by atoms with van der Waals surface area (Å²) in [5.41, 5.74) is 1.19. The summed E-state index contributed by atoms with van der Waals surface area (Å²) in [5, 5.41) is 11.4. The van der Waals surface area contributed by atoms with Gasteiger partial charge >= 0.3 is 5.97 Å². The zero-order chi connectivity index (χ0) is 16.6. The molecule has 4 heteroatoms. The topological polar surface area (TPSA) is 57.6 Å². The smallest absolute Gasteiger partial charge is 0.323 e. The summed E-state index contributed by atoms with van der Waals surface area (Å²) in [6, 6.07) is 14.2. The first kappa shape index (κ1) is 15.5. The largest absolute Gasteiger partial charge is 0.480 e. The van der Waals surface area contributed by atoms with Crippen LogP contribution in [0.4, 0.5) is 0 Å². The number of benzene rings is 2. The van der Waals surface area contributed by atoms with E-state index in [0.29, 0.717) is 0 Å². The van der Waals surface area contributed by atoms with Crippen LogP contribution in [-0.4, -0.2) is 34.5 Å². The summed E-state index contributed by atoms with van der Waals surface area (Å²) in [6.07, 6.45) is 0.801. The predicted octanol–water partition coefficient (Wildman–Crippen LogP) is 3.26. The van der Waals surface area contributed by atoms with E-state index < -0.39 is 5.97 Å². The average molecular weight is 311 g/mol. The third kappa shape index (κ3) is 3.07. The maximum atomic E-state index is 12.7. The van der Waals surface area contributed by atoms with Gasteiger partial charge in [-0.15, -0.1) is 0 Å². The van der Waals surface area contributed by atoms with Crippen LogP contribution in [0.25, 0.3) is 10.8 Å². The Kier molecular flexibility index (Phi) is 4.07. The van der Waals surface area contributed by atoms with Gasteiger partial charge in [-0.05, 0) is 42.5 Å². The van der Waals surface area contributed by atoms with E-state index in [1.54, 1.807) is 0 Å². The van der Waals surface area contributed by atoms with Crippen molar-refractivity contribution in [1.82, 2.24) is 4.90 Å². The third-order valence-corrected chi connectivity index (χ3v) is 4.54. The Labute approximate surface area is 135 Å². The minimum Gasteiger partial charge on any atom is -0.480 e. The van der Waals surface area contributed by atoms with Crippen molar-refractivity contribution in [3.63, 3.8) is 0 Å². The molecule has 1 aliphatic rings. The Bertz CT molecular complexity index is 748. The van der Waals surface area contributed by atoms with Crippen LogP contribution in [0.3, 0.4) is 0 Å². The van der Waals surface area contributed by atoms with E-state index >= 15 is 0 Å². The molecule has 23 heavy (non-hydrogen) atoms. The first-order valence-corrected chi connectivity index (χ1v) is 7.99. The second-order valence-electron chi connectivity index (χ2n) is 6.47. The first-order chi connectivity index (χ1) is 11.0. The van der Waals surface area contributed by atoms with Gasteiger partial charge in [0.25, 0.3) is 0 Å². The Hall–Kier alpha value is -2.36. The summed E-state index contributed by atoms with van der Waals surface area (Å²) >= 11 is 0. The number of carboxylic acid groups (broad SMARTS) is 1. The van der Waals surface area contributed by atoms with Crippen molar-refractivity contribution in [2.75, 3.05) is 6.54 Å². The molecular formula is C19H21NO3. The number of carboxylic acids is 1. The van der Waals surface area contributed by atoms with Gasteiger partial charge in [-0.1, -0.05) is 42.5 Å². The standard InChI is InChI=1S/C19H21NO3/c1-12(2)20(11-18(21)22)19(23)17-10-16(17)15-9-5-7-13-6-3-4-8-14(13)15/h3-9,12,16-17H,10-11H2,1-2H3,(H,21,22). The van der Waals surface area contributed by atoms with Gasteiger partial charge in [0.2, 0.25) is 5.91 Å². The predicted molar refractivity (Wildman–Crippen MR) is 89.3 cm³/mol. The lowest BCUT2D eigenvalue weighted by atomic mass is 10.00. The van der Waals surface area contributed by atoms with E-state index in [-0.39, 0.29) is 30.3 Å². The van der Waals surface area contributed by atoms with Gasteiger partial charge in [-0.2, -0.15) is 0 Å². The summed E-state index contributed by atoms with van der Waals surface area (Å²) in [4.78, 5) is 25.1. The number of nitrogens with zero attached hydrogens (tertiary/aromatic N) is 1. The molecule has 0 aliphatic heterocycles. The van der Waals surface area contributed by atoms with E-state index in [9.17, 15) is 9.59 Å². The van der Waals surface area contributed by atoms with Crippen LogP contribution >= 0.6 is 0 Å². The Morgan fingerprint density at radius 2 is 1.87 bits per heavy atom. The molecule has 1 amide bonds. The van der Waals surface area contributed by atoms with Gasteiger partial charge in [-0.25, -0.2) is 0 Å². The van der Waals surface area contributed by atoms with Gasteiger partial charge in [-0.3, -0.25) is 9.59 Å². The fourth-order valence-corrected chi connectivity index (χ4v) is 3.26. The number of carbonyl (C=O) groups excluding carboxylic acids is 1. The van der Waals surface area contributed by atoms with E-state index in [1.165, 1.54) is 21.2 Å². The molecule has 0 radical (unpaired) electrons. The number of hydrogen-bond acceptors (Lipinski definition) is 2. The highest BCUT2D eigenvalue weighted by molar-refractivity contribution is 5.90. The number of carbonyl (C=O) groups is 2. The summed E-state index contributed by atoms with van der Waals surface area (Å²) in [5.74, 6) is -0.902. The molecular weight excluding hydrogens is 290 g/mol. The van der Waals surface area contributed by atoms with Crippen molar-refractivity contribution < 1.29 is 14.7 Å². The van der Waals surface area contributed by atoms with E-state index in [1.807, 2.05) is 32.0 Å². The maximum Gasteiger partial charge on any atom is 0.323 e. The van der Waals surface area contributed by atoms with Crippen LogP contribution in [0.5, 0.6) is 0 Å². The molecule has 2 aromatic rings. The Morgan fingerprint density at radius 1 is 1.17 bits per heavy atom. The maximum absolute atomic E-state index is 12.7. The van der Waals surface area contributed by atoms with Gasteiger partial charge in [0.1, 0.15) is 6.54 Å². The van der Waals surface area contributed by atoms with Crippen LogP contribution in [0.2, 0.25) is 0 Å². The molecule has 2 aromatic carbocycles. The molecule has 0 bridgehead atoms. The third-order valence-electron chi connectivity index (χ3n) is 4.54. The fraction of sp³-hybridized carbons (Fsp3) is 0.368. The quantitative estimate of drug-likeness (QED) is 0.922. The minimum absolute atomic E-state index is 0.0414. The number of hydrogen-bond donors (Lipinski definition) is 1. The van der Waals surface area contributed by atoms with Crippen molar-refractivity contribution in [2.24, 2.45) is 5.92 Å². The van der Waals surface area contributed by atoms with Crippen molar-refractivity contribution in [2.45, 2.75) is 32.2 Å². The summed E-state index contributed by atoms with van der Waals surface area (Å²) in [6.45, 7) is 3.49. The molecule has 0 saturated heterocycles. The molecule has 1 N–H and O–H groups in total. The molecule has 120 valence electrons. The highest BCUT2D eigenvalue weighted by Crippen LogP contribution is 2.50. The van der Waals surface area contributed by atoms with Crippen LogP contribution in [0.1, 0.15) is 31.7 Å². The van der Waals surface area contributed by atoms with Crippen molar-refractivity contribution in [3.8, 4) is 0 Å². The normalized spacial score (nSPS) is 19.8. The van der Waals surface area contributed by atoms with Crippen LogP contribution < -0.4 is 0 Å². The zero-order valence-electron chi connectivity index (χ0n) is 13.4. The molecule has 3 rings (SSSR count). The Morgan fingerprint density at radius 3 is 2.57 bits per heavy atom. The van der Waals surface area contributed by atoms with Crippen molar-refractivity contribution >= 4 is 22.6 Å². The monoisotopic (exact) mass is 311 g/mol. The highest BCUT2D eigenvalue weighted by atomic mass is 16.4. The van der Waals surface area contributed by atoms with Gasteiger partial charge in [0, 0.05) is 12.0 Å². The number of fused-ring (bicyclic) bond motifs is 1. The fourth-order valence-electron chi connectivity index (χ4n) is 3.26. The second kappa shape index (κ2) is 6.03. The lowest BCUT2D eigenvalue weighted by Crippen LogP contribution is -2.41. The average Bonchev–Trinajstić information content (AvgIpc) is 3.31. The molecule has 1 saturated carbocycles. The molecule has 1 fully saturated rings. The minimum atomic E-state index is -0.964. The SMILES string of the molecule is CC(C)N(CC(=O)O)C(=O)C1CC1c1cccc2ccccc12. The molecule has 0 heterocycles. The molecule has 0 aromatic heterocycles. The van der Waals surface area contributed by atoms with Crippen LogP contribution in [-0.2, 0) is 9.59 Å². The molecule has 2 unspecified atom stereocenters. The van der Waals surface area contributed by atoms with Crippen molar-refractivity contribution in [3.05, 3.63) is 48.0 Å². The molecule has 0 spiro atoms. The van der Waals surface area contributed by atoms with Crippen molar-refractivity contribution in [1.29, 1.82) is 0 Å². The van der Waals surface area contributed by atoms with Crippen LogP contribution in [0, 0.1) is 5.92 Å². The van der Waals surface area contributed by atoms with E-state index in [4.69, 9.17) is 5.11 Å². The van der Waals surface area contributed by atoms with E-state index in [2.05, 4.69) is 24.3 Å². The number of amides is 1. The lowest BCUT2D eigenvalue weighted by molar-refractivity contribution is -0.146. The second-order valence-corrected chi connectivity index (χ2v) is 6.47. The summed E-state index contributed by atoms with van der Waals surface area (Å²) in [7, 11) is 0. The lowest BCUT2D eigenvalue weighted by Gasteiger charge is -2.25. The molecule has 2 atom stereocenters. The number of aliphatic carboxylic acids is 1. The zero-order valence-corrected chi connectivity index (χ0v) is 13.4. The number of rotatable bonds is 5. The van der Waals surface area contributed by atoms with Crippen LogP contribution in [0.15, 0.2) is 42.5 Å². The van der Waals surface area contributed by atoms with Gasteiger partial charge in [0.05, 0.1) is 0 Å². The Balaban J connectivity index is 1.83. The van der Waals surface area contributed by atoms with Gasteiger partial charge < -0.3 is 10.0 Å². The summed E-state index contributed by atoms with van der Waals surface area (Å²) < 4.78 is 0. The molecule has 1 aliphatic carbocycles. The first-order valence-electron chi connectivity index (χ1n) is 7.99. The van der Waals surface area contributed by atoms with E-state index in [0.717, 1.165) is 6.42 Å². The highest BCUT2D eigenvalue weighted by Gasteiger charge is 2.46. The van der Waals surface area contributed by atoms with Gasteiger partial charge in [0.15, 0.2) is 0 Å². The molecule has 4 nitrogen and oxygen atoms in total.